The van der Waals surface area contributed by atoms with Crippen molar-refractivity contribution in [2.45, 2.75) is 38.9 Å². The van der Waals surface area contributed by atoms with Crippen LogP contribution in [0.25, 0.3) is 0 Å². The summed E-state index contributed by atoms with van der Waals surface area (Å²) in [5.74, 6) is 0.642. The summed E-state index contributed by atoms with van der Waals surface area (Å²) in [4.78, 5) is 23.6. The lowest BCUT2D eigenvalue weighted by Crippen LogP contribution is -2.20. The van der Waals surface area contributed by atoms with Crippen molar-refractivity contribution in [3.63, 3.8) is 0 Å². The summed E-state index contributed by atoms with van der Waals surface area (Å²) in [6.07, 6.45) is 0.498. The molecule has 0 aliphatic heterocycles. The molecule has 1 aromatic carbocycles. The Labute approximate surface area is 129 Å². The Kier molecular flexibility index (Phi) is 6.40. The molecule has 1 aromatic rings. The first kappa shape index (κ1) is 16.9. The number of amides is 1. The van der Waals surface area contributed by atoms with Gasteiger partial charge in [0.1, 0.15) is 0 Å². The molecule has 0 spiro atoms. The second-order valence-corrected chi connectivity index (χ2v) is 6.72. The lowest BCUT2D eigenvalue weighted by atomic mass is 10.0. The van der Waals surface area contributed by atoms with Crippen molar-refractivity contribution in [3.05, 3.63) is 29.8 Å². The molecule has 0 saturated heterocycles. The number of rotatable bonds is 6. The van der Waals surface area contributed by atoms with Crippen molar-refractivity contribution in [1.82, 2.24) is 0 Å². The molecule has 1 amide bonds. The van der Waals surface area contributed by atoms with Gasteiger partial charge in [0, 0.05) is 17.7 Å². The molecule has 4 heteroatoms. The van der Waals surface area contributed by atoms with E-state index in [2.05, 4.69) is 21.2 Å². The van der Waals surface area contributed by atoms with Gasteiger partial charge in [-0.05, 0) is 36.1 Å². The highest BCUT2D eigenvalue weighted by Crippen LogP contribution is 2.19. The molecule has 1 N–H and O–H groups in total. The zero-order valence-electron chi connectivity index (χ0n) is 12.4. The van der Waals surface area contributed by atoms with E-state index in [1.807, 2.05) is 27.7 Å². The summed E-state index contributed by atoms with van der Waals surface area (Å²) < 4.78 is 0. The average Bonchev–Trinajstić information content (AvgIpc) is 2.36. The van der Waals surface area contributed by atoms with Gasteiger partial charge in [-0.1, -0.05) is 43.6 Å². The van der Waals surface area contributed by atoms with Crippen molar-refractivity contribution < 1.29 is 9.59 Å². The van der Waals surface area contributed by atoms with Crippen LogP contribution >= 0.6 is 15.9 Å². The van der Waals surface area contributed by atoms with Crippen molar-refractivity contribution in [3.8, 4) is 0 Å². The Morgan fingerprint density at radius 3 is 2.10 bits per heavy atom. The number of hydrogen-bond donors (Lipinski definition) is 1. The minimum Gasteiger partial charge on any atom is -0.326 e. The first-order valence-electron chi connectivity index (χ1n) is 6.89. The van der Waals surface area contributed by atoms with Crippen molar-refractivity contribution in [2.75, 3.05) is 5.32 Å². The quantitative estimate of drug-likeness (QED) is 0.621. The summed E-state index contributed by atoms with van der Waals surface area (Å²) in [6.45, 7) is 8.00. The maximum atomic E-state index is 12.1. The van der Waals surface area contributed by atoms with Crippen LogP contribution in [0.2, 0.25) is 0 Å². The van der Waals surface area contributed by atoms with Crippen LogP contribution < -0.4 is 5.32 Å². The van der Waals surface area contributed by atoms with Gasteiger partial charge in [-0.3, -0.25) is 9.59 Å². The number of benzene rings is 1. The largest absolute Gasteiger partial charge is 0.326 e. The molecule has 0 aliphatic rings. The van der Waals surface area contributed by atoms with Crippen molar-refractivity contribution in [1.29, 1.82) is 0 Å². The van der Waals surface area contributed by atoms with E-state index in [-0.39, 0.29) is 22.4 Å². The fraction of sp³-hybridized carbons (Fsp3) is 0.500. The third-order valence-corrected chi connectivity index (χ3v) is 4.36. The number of halogens is 1. The second-order valence-electron chi connectivity index (χ2n) is 5.73. The monoisotopic (exact) mass is 339 g/mol. The maximum Gasteiger partial charge on any atom is 0.224 e. The molecule has 0 heterocycles. The van der Waals surface area contributed by atoms with Gasteiger partial charge < -0.3 is 5.32 Å². The van der Waals surface area contributed by atoms with Crippen molar-refractivity contribution >= 4 is 33.3 Å². The highest BCUT2D eigenvalue weighted by Gasteiger charge is 2.20. The van der Waals surface area contributed by atoms with Gasteiger partial charge in [0.15, 0.2) is 5.78 Å². The Morgan fingerprint density at radius 2 is 1.65 bits per heavy atom. The Balaban J connectivity index is 2.69. The molecule has 1 atom stereocenters. The number of alkyl halides is 1. The first-order valence-corrected chi connectivity index (χ1v) is 7.81. The van der Waals surface area contributed by atoms with E-state index in [4.69, 9.17) is 0 Å². The van der Waals surface area contributed by atoms with Gasteiger partial charge in [0.05, 0.1) is 4.83 Å². The molecular weight excluding hydrogens is 318 g/mol. The number of nitrogens with one attached hydrogen (secondary N) is 1. The van der Waals surface area contributed by atoms with E-state index in [1.165, 1.54) is 0 Å². The van der Waals surface area contributed by atoms with Gasteiger partial charge >= 0.3 is 0 Å². The second kappa shape index (κ2) is 7.58. The maximum absolute atomic E-state index is 12.1. The Bertz CT molecular complexity index is 466. The van der Waals surface area contributed by atoms with Gasteiger partial charge in [0.2, 0.25) is 5.91 Å². The van der Waals surface area contributed by atoms with Crippen LogP contribution in [-0.2, 0) is 4.79 Å². The molecule has 0 aromatic heterocycles. The standard InChI is InChI=1S/C16H22BrNO2/c1-10(2)9-14(19)18-13-7-5-12(6-8-13)16(20)15(17)11(3)4/h5-8,10-11,15H,9H2,1-4H3,(H,18,19). The van der Waals surface area contributed by atoms with Gasteiger partial charge in [-0.2, -0.15) is 0 Å². The summed E-state index contributed by atoms with van der Waals surface area (Å²) in [6, 6.07) is 7.05. The predicted molar refractivity (Wildman–Crippen MR) is 86.4 cm³/mol. The molecule has 0 aliphatic carbocycles. The molecule has 0 fully saturated rings. The Hall–Kier alpha value is -1.16. The minimum absolute atomic E-state index is 0.000347. The normalized spacial score (nSPS) is 12.6. The van der Waals surface area contributed by atoms with Gasteiger partial charge in [-0.15, -0.1) is 0 Å². The lowest BCUT2D eigenvalue weighted by Gasteiger charge is -2.13. The van der Waals surface area contributed by atoms with E-state index < -0.39 is 0 Å². The summed E-state index contributed by atoms with van der Waals surface area (Å²) in [5, 5.41) is 2.83. The fourth-order valence-electron chi connectivity index (χ4n) is 1.76. The van der Waals surface area contributed by atoms with Crippen molar-refractivity contribution in [2.24, 2.45) is 11.8 Å². The van der Waals surface area contributed by atoms with Crippen LogP contribution in [0, 0.1) is 11.8 Å². The number of carbonyl (C=O) groups excluding carboxylic acids is 2. The Morgan fingerprint density at radius 1 is 1.10 bits per heavy atom. The molecule has 1 unspecified atom stereocenters. The summed E-state index contributed by atoms with van der Waals surface area (Å²) >= 11 is 3.41. The smallest absolute Gasteiger partial charge is 0.224 e. The third-order valence-electron chi connectivity index (χ3n) is 2.88. The van der Waals surface area contributed by atoms with Crippen LogP contribution in [0.5, 0.6) is 0 Å². The van der Waals surface area contributed by atoms with Crippen LogP contribution in [0.1, 0.15) is 44.5 Å². The number of hydrogen-bond acceptors (Lipinski definition) is 2. The van der Waals surface area contributed by atoms with Crippen LogP contribution in [0.4, 0.5) is 5.69 Å². The van der Waals surface area contributed by atoms with Crippen LogP contribution in [0.15, 0.2) is 24.3 Å². The number of carbonyl (C=O) groups is 2. The van der Waals surface area contributed by atoms with Gasteiger partial charge in [0.25, 0.3) is 0 Å². The average molecular weight is 340 g/mol. The topological polar surface area (TPSA) is 46.2 Å². The van der Waals surface area contributed by atoms with E-state index in [1.54, 1.807) is 24.3 Å². The van der Waals surface area contributed by atoms with Crippen LogP contribution in [-0.4, -0.2) is 16.5 Å². The number of anilines is 1. The fourth-order valence-corrected chi connectivity index (χ4v) is 2.03. The number of ketones is 1. The zero-order chi connectivity index (χ0) is 15.3. The highest BCUT2D eigenvalue weighted by atomic mass is 79.9. The SMILES string of the molecule is CC(C)CC(=O)Nc1ccc(C(=O)C(Br)C(C)C)cc1. The van der Waals surface area contributed by atoms with E-state index in [0.29, 0.717) is 17.9 Å². The summed E-state index contributed by atoms with van der Waals surface area (Å²) in [5.41, 5.74) is 1.38. The molecule has 3 nitrogen and oxygen atoms in total. The predicted octanol–water partition coefficient (Wildman–Crippen LogP) is 4.27. The van der Waals surface area contributed by atoms with E-state index in [0.717, 1.165) is 5.69 Å². The molecule has 110 valence electrons. The van der Waals surface area contributed by atoms with E-state index in [9.17, 15) is 9.59 Å². The molecule has 1 rings (SSSR count). The molecule has 0 saturated carbocycles. The van der Waals surface area contributed by atoms with E-state index >= 15 is 0 Å². The van der Waals surface area contributed by atoms with Crippen LogP contribution in [0.3, 0.4) is 0 Å². The first-order chi connectivity index (χ1) is 9.31. The summed E-state index contributed by atoms with van der Waals surface area (Å²) in [7, 11) is 0. The molecular formula is C16H22BrNO2. The molecule has 20 heavy (non-hydrogen) atoms. The molecule has 0 radical (unpaired) electrons. The highest BCUT2D eigenvalue weighted by molar-refractivity contribution is 9.10. The molecule has 0 bridgehead atoms. The number of Topliss-reactive ketones (excluding diaryl/α,β-unsaturated/α-hetero) is 1. The minimum atomic E-state index is -0.177. The van der Waals surface area contributed by atoms with Gasteiger partial charge in [-0.25, -0.2) is 0 Å². The zero-order valence-corrected chi connectivity index (χ0v) is 14.0. The third kappa shape index (κ3) is 5.08. The lowest BCUT2D eigenvalue weighted by molar-refractivity contribution is -0.116.